The highest BCUT2D eigenvalue weighted by Crippen LogP contribution is 2.35. The minimum absolute atomic E-state index is 0.121. The Bertz CT molecular complexity index is 676. The van der Waals surface area contributed by atoms with Crippen LogP contribution in [0, 0.1) is 0 Å². The highest BCUT2D eigenvalue weighted by Gasteiger charge is 2.23. The van der Waals surface area contributed by atoms with Gasteiger partial charge in [-0.05, 0) is 17.7 Å². The zero-order chi connectivity index (χ0) is 15.6. The molecule has 1 N–H and O–H groups in total. The van der Waals surface area contributed by atoms with Crippen molar-refractivity contribution in [1.82, 2.24) is 9.97 Å². The van der Waals surface area contributed by atoms with Crippen LogP contribution in [0.25, 0.3) is 0 Å². The summed E-state index contributed by atoms with van der Waals surface area (Å²) in [7, 11) is 0. The van der Waals surface area contributed by atoms with Crippen LogP contribution in [-0.4, -0.2) is 29.7 Å². The van der Waals surface area contributed by atoms with Gasteiger partial charge in [-0.3, -0.25) is 0 Å². The SMILES string of the molecule is CC(C)(CNc1ncncc1Cl)c1ccc2c(c1)OCCO2. The Kier molecular flexibility index (Phi) is 4.07. The first-order valence-corrected chi connectivity index (χ1v) is 7.53. The maximum absolute atomic E-state index is 6.07. The minimum Gasteiger partial charge on any atom is -0.486 e. The van der Waals surface area contributed by atoms with E-state index in [4.69, 9.17) is 21.1 Å². The van der Waals surface area contributed by atoms with Gasteiger partial charge in [0.25, 0.3) is 0 Å². The summed E-state index contributed by atoms with van der Waals surface area (Å²) in [5.41, 5.74) is 1.04. The number of anilines is 1. The van der Waals surface area contributed by atoms with Crippen LogP contribution >= 0.6 is 11.6 Å². The molecule has 0 amide bonds. The fourth-order valence-corrected chi connectivity index (χ4v) is 2.49. The standard InChI is InChI=1S/C16H18ClN3O2/c1-16(2,9-19-15-12(17)8-18-10-20-15)11-3-4-13-14(7-11)22-6-5-21-13/h3-4,7-8,10H,5-6,9H2,1-2H3,(H,18,19,20). The van der Waals surface area contributed by atoms with E-state index in [1.54, 1.807) is 6.20 Å². The van der Waals surface area contributed by atoms with E-state index in [-0.39, 0.29) is 5.41 Å². The number of aromatic nitrogens is 2. The van der Waals surface area contributed by atoms with E-state index in [0.29, 0.717) is 30.6 Å². The molecule has 0 spiro atoms. The smallest absolute Gasteiger partial charge is 0.161 e. The summed E-state index contributed by atoms with van der Waals surface area (Å²) in [6.45, 7) is 6.18. The van der Waals surface area contributed by atoms with Crippen molar-refractivity contribution in [3.8, 4) is 11.5 Å². The average molecular weight is 320 g/mol. The van der Waals surface area contributed by atoms with Gasteiger partial charge in [0.2, 0.25) is 0 Å². The van der Waals surface area contributed by atoms with E-state index in [2.05, 4.69) is 35.2 Å². The number of nitrogens with one attached hydrogen (secondary N) is 1. The lowest BCUT2D eigenvalue weighted by molar-refractivity contribution is 0.171. The molecule has 0 aliphatic carbocycles. The number of fused-ring (bicyclic) bond motifs is 1. The Hall–Kier alpha value is -2.01. The molecule has 5 nitrogen and oxygen atoms in total. The van der Waals surface area contributed by atoms with Crippen molar-refractivity contribution in [2.24, 2.45) is 0 Å². The second-order valence-electron chi connectivity index (χ2n) is 5.82. The molecule has 0 radical (unpaired) electrons. The normalized spacial score (nSPS) is 13.8. The van der Waals surface area contributed by atoms with Gasteiger partial charge < -0.3 is 14.8 Å². The fraction of sp³-hybridized carbons (Fsp3) is 0.375. The summed E-state index contributed by atoms with van der Waals surface area (Å²) < 4.78 is 11.2. The van der Waals surface area contributed by atoms with E-state index in [9.17, 15) is 0 Å². The molecule has 1 aromatic heterocycles. The molecule has 0 saturated carbocycles. The molecule has 0 unspecified atom stereocenters. The van der Waals surface area contributed by atoms with Gasteiger partial charge in [-0.2, -0.15) is 0 Å². The Labute approximate surface area is 134 Å². The quantitative estimate of drug-likeness (QED) is 0.937. The lowest BCUT2D eigenvalue weighted by Crippen LogP contribution is -2.28. The lowest BCUT2D eigenvalue weighted by Gasteiger charge is -2.28. The molecule has 116 valence electrons. The van der Waals surface area contributed by atoms with Crippen LogP contribution in [0.5, 0.6) is 11.5 Å². The molecule has 0 fully saturated rings. The summed E-state index contributed by atoms with van der Waals surface area (Å²) in [6, 6.07) is 6.07. The Balaban J connectivity index is 1.76. The predicted molar refractivity (Wildman–Crippen MR) is 86.0 cm³/mol. The number of rotatable bonds is 4. The van der Waals surface area contributed by atoms with Crippen molar-refractivity contribution in [3.05, 3.63) is 41.3 Å². The first-order chi connectivity index (χ1) is 10.6. The van der Waals surface area contributed by atoms with Gasteiger partial charge in [-0.1, -0.05) is 31.5 Å². The highest BCUT2D eigenvalue weighted by atomic mass is 35.5. The van der Waals surface area contributed by atoms with Crippen molar-refractivity contribution in [2.75, 3.05) is 25.1 Å². The van der Waals surface area contributed by atoms with Crippen molar-refractivity contribution in [2.45, 2.75) is 19.3 Å². The van der Waals surface area contributed by atoms with E-state index < -0.39 is 0 Å². The van der Waals surface area contributed by atoms with Crippen molar-refractivity contribution in [3.63, 3.8) is 0 Å². The maximum atomic E-state index is 6.07. The first-order valence-electron chi connectivity index (χ1n) is 7.16. The molecule has 22 heavy (non-hydrogen) atoms. The van der Waals surface area contributed by atoms with Gasteiger partial charge in [-0.25, -0.2) is 9.97 Å². The van der Waals surface area contributed by atoms with Gasteiger partial charge in [0.05, 0.1) is 6.20 Å². The maximum Gasteiger partial charge on any atom is 0.161 e. The molecule has 0 atom stereocenters. The van der Waals surface area contributed by atoms with Gasteiger partial charge in [0.15, 0.2) is 11.5 Å². The molecular weight excluding hydrogens is 302 g/mol. The Morgan fingerprint density at radius 2 is 2.00 bits per heavy atom. The number of hydrogen-bond acceptors (Lipinski definition) is 5. The molecule has 0 saturated heterocycles. The van der Waals surface area contributed by atoms with Gasteiger partial charge in [0.1, 0.15) is 30.4 Å². The van der Waals surface area contributed by atoms with Crippen molar-refractivity contribution in [1.29, 1.82) is 0 Å². The van der Waals surface area contributed by atoms with E-state index in [0.717, 1.165) is 17.1 Å². The number of hydrogen-bond donors (Lipinski definition) is 1. The van der Waals surface area contributed by atoms with E-state index >= 15 is 0 Å². The van der Waals surface area contributed by atoms with Crippen LogP contribution in [0.1, 0.15) is 19.4 Å². The summed E-state index contributed by atoms with van der Waals surface area (Å²) in [4.78, 5) is 8.03. The summed E-state index contributed by atoms with van der Waals surface area (Å²) >= 11 is 6.07. The second-order valence-corrected chi connectivity index (χ2v) is 6.22. The van der Waals surface area contributed by atoms with E-state index in [1.165, 1.54) is 6.33 Å². The summed E-state index contributed by atoms with van der Waals surface area (Å²) in [5, 5.41) is 3.79. The third kappa shape index (κ3) is 3.09. The number of halogens is 1. The number of benzene rings is 1. The van der Waals surface area contributed by atoms with Crippen LogP contribution in [0.15, 0.2) is 30.7 Å². The second kappa shape index (κ2) is 6.01. The molecule has 2 heterocycles. The van der Waals surface area contributed by atoms with Gasteiger partial charge in [0, 0.05) is 12.0 Å². The monoisotopic (exact) mass is 319 g/mol. The zero-order valence-corrected chi connectivity index (χ0v) is 13.4. The molecule has 3 rings (SSSR count). The minimum atomic E-state index is -0.121. The number of nitrogens with zero attached hydrogens (tertiary/aromatic N) is 2. The lowest BCUT2D eigenvalue weighted by atomic mass is 9.84. The molecule has 0 bridgehead atoms. The van der Waals surface area contributed by atoms with Crippen LogP contribution in [0.3, 0.4) is 0 Å². The largest absolute Gasteiger partial charge is 0.486 e. The molecular formula is C16H18ClN3O2. The van der Waals surface area contributed by atoms with Crippen molar-refractivity contribution >= 4 is 17.4 Å². The van der Waals surface area contributed by atoms with Crippen molar-refractivity contribution < 1.29 is 9.47 Å². The van der Waals surface area contributed by atoms with Crippen LogP contribution < -0.4 is 14.8 Å². The third-order valence-corrected chi connectivity index (χ3v) is 3.97. The Morgan fingerprint density at radius 3 is 2.77 bits per heavy atom. The molecule has 6 heteroatoms. The highest BCUT2D eigenvalue weighted by molar-refractivity contribution is 6.32. The predicted octanol–water partition coefficient (Wildman–Crippen LogP) is 3.29. The topological polar surface area (TPSA) is 56.3 Å². The van der Waals surface area contributed by atoms with Crippen LogP contribution in [0.2, 0.25) is 5.02 Å². The average Bonchev–Trinajstić information content (AvgIpc) is 2.54. The van der Waals surface area contributed by atoms with Crippen LogP contribution in [-0.2, 0) is 5.41 Å². The molecule has 1 aromatic carbocycles. The zero-order valence-electron chi connectivity index (χ0n) is 12.6. The van der Waals surface area contributed by atoms with E-state index in [1.807, 2.05) is 12.1 Å². The summed E-state index contributed by atoms with van der Waals surface area (Å²) in [6.07, 6.45) is 3.05. The number of ether oxygens (including phenoxy) is 2. The molecule has 1 aliphatic heterocycles. The molecule has 1 aliphatic rings. The summed E-state index contributed by atoms with van der Waals surface area (Å²) in [5.74, 6) is 2.25. The fourth-order valence-electron chi connectivity index (χ4n) is 2.31. The van der Waals surface area contributed by atoms with Crippen LogP contribution in [0.4, 0.5) is 5.82 Å². The molecule has 2 aromatic rings. The Morgan fingerprint density at radius 1 is 1.23 bits per heavy atom. The first kappa shape index (κ1) is 14.9. The third-order valence-electron chi connectivity index (χ3n) is 3.69. The van der Waals surface area contributed by atoms with Gasteiger partial charge >= 0.3 is 0 Å². The van der Waals surface area contributed by atoms with Gasteiger partial charge in [-0.15, -0.1) is 0 Å².